The van der Waals surface area contributed by atoms with Crippen LogP contribution in [0.25, 0.3) is 5.57 Å². The predicted octanol–water partition coefficient (Wildman–Crippen LogP) is 2.95. The number of fused-ring (bicyclic) bond motifs is 1. The molecule has 0 spiro atoms. The lowest BCUT2D eigenvalue weighted by Crippen LogP contribution is -2.22. The lowest BCUT2D eigenvalue weighted by atomic mass is 10.1. The third kappa shape index (κ3) is 2.54. The van der Waals surface area contributed by atoms with Crippen LogP contribution in [0.3, 0.4) is 0 Å². The van der Waals surface area contributed by atoms with Crippen molar-refractivity contribution in [3.8, 4) is 5.88 Å². The summed E-state index contributed by atoms with van der Waals surface area (Å²) in [6.45, 7) is 1.97. The van der Waals surface area contributed by atoms with Crippen molar-refractivity contribution in [2.24, 2.45) is 4.99 Å². The van der Waals surface area contributed by atoms with Gasteiger partial charge in [-0.25, -0.2) is 4.99 Å². The highest BCUT2D eigenvalue weighted by molar-refractivity contribution is 7.73. The van der Waals surface area contributed by atoms with Gasteiger partial charge < -0.3 is 5.11 Å². The Morgan fingerprint density at radius 3 is 2.56 bits per heavy atom. The zero-order valence-electron chi connectivity index (χ0n) is 13.3. The van der Waals surface area contributed by atoms with Gasteiger partial charge in [-0.15, -0.1) is 11.3 Å². The normalized spacial score (nSPS) is 14.3. The molecule has 0 saturated carbocycles. The van der Waals surface area contributed by atoms with Crippen LogP contribution in [0, 0.1) is 3.95 Å². The minimum Gasteiger partial charge on any atom is -0.493 e. The highest BCUT2D eigenvalue weighted by atomic mass is 32.1. The molecule has 0 radical (unpaired) electrons. The van der Waals surface area contributed by atoms with E-state index in [1.165, 1.54) is 11.3 Å². The molecule has 124 valence electrons. The Bertz CT molecular complexity index is 1160. The monoisotopic (exact) mass is 366 g/mol. The average Bonchev–Trinajstić information content (AvgIpc) is 3.10. The molecule has 0 bridgehead atoms. The maximum atomic E-state index is 12.4. The summed E-state index contributed by atoms with van der Waals surface area (Å²) in [5, 5.41) is 12.2. The van der Waals surface area contributed by atoms with Gasteiger partial charge in [0.15, 0.2) is 3.95 Å². The maximum Gasteiger partial charge on any atom is 0.279 e. The van der Waals surface area contributed by atoms with Crippen molar-refractivity contribution >= 4 is 35.0 Å². The molecule has 0 unspecified atom stereocenters. The number of benzene rings is 2. The Labute approximate surface area is 153 Å². The number of para-hydroxylation sites is 1. The molecule has 1 atom stereocenters. The molecule has 0 aliphatic carbocycles. The first-order valence-corrected chi connectivity index (χ1v) is 9.02. The summed E-state index contributed by atoms with van der Waals surface area (Å²) in [5.74, 6) is -0.325. The second kappa shape index (κ2) is 6.06. The molecular formula is C19H14N2O2S2. The van der Waals surface area contributed by atoms with E-state index in [4.69, 9.17) is 12.2 Å². The summed E-state index contributed by atoms with van der Waals surface area (Å²) in [4.78, 5) is 16.9. The number of hydrogen-bond donors (Lipinski definition) is 1. The molecular weight excluding hydrogens is 352 g/mol. The first kappa shape index (κ1) is 15.9. The highest BCUT2D eigenvalue weighted by Crippen LogP contribution is 2.36. The maximum absolute atomic E-state index is 12.4. The number of amides is 1. The largest absolute Gasteiger partial charge is 0.493 e. The summed E-state index contributed by atoms with van der Waals surface area (Å²) in [5.41, 5.74) is 1.45. The molecule has 1 aromatic heterocycles. The number of aromatic hydroxyl groups is 1. The summed E-state index contributed by atoms with van der Waals surface area (Å²) < 4.78 is 2.21. The van der Waals surface area contributed by atoms with Crippen LogP contribution in [0.1, 0.15) is 23.4 Å². The summed E-state index contributed by atoms with van der Waals surface area (Å²) in [6.07, 6.45) is 0. The molecule has 1 amide bonds. The van der Waals surface area contributed by atoms with Crippen LogP contribution in [-0.4, -0.2) is 15.6 Å². The molecule has 3 aromatic rings. The van der Waals surface area contributed by atoms with E-state index in [1.54, 1.807) is 10.6 Å². The van der Waals surface area contributed by atoms with E-state index in [1.807, 2.05) is 55.5 Å². The van der Waals surface area contributed by atoms with Crippen molar-refractivity contribution in [3.63, 3.8) is 0 Å². The molecule has 1 N–H and O–H groups in total. The number of hydrogen-bond acceptors (Lipinski definition) is 4. The van der Waals surface area contributed by atoms with Gasteiger partial charge in [0, 0.05) is 5.22 Å². The van der Waals surface area contributed by atoms with E-state index < -0.39 is 0 Å². The van der Waals surface area contributed by atoms with E-state index >= 15 is 0 Å². The molecule has 6 heteroatoms. The fourth-order valence-corrected chi connectivity index (χ4v) is 4.55. The van der Waals surface area contributed by atoms with E-state index in [0.717, 1.165) is 10.8 Å². The number of aromatic nitrogens is 1. The molecule has 2 aromatic carbocycles. The Balaban J connectivity index is 1.93. The molecule has 25 heavy (non-hydrogen) atoms. The van der Waals surface area contributed by atoms with Crippen LogP contribution in [0.4, 0.5) is 0 Å². The number of thiazole rings is 1. The highest BCUT2D eigenvalue weighted by Gasteiger charge is 2.26. The molecule has 0 fully saturated rings. The van der Waals surface area contributed by atoms with Crippen LogP contribution < -0.4 is 10.6 Å². The summed E-state index contributed by atoms with van der Waals surface area (Å²) in [6, 6.07) is 17.0. The SMILES string of the molecule is C[C@@H](c1ccccc1)n1c(O)c(C2=c3ccccc3=NC2=O)sc1=S. The molecule has 1 aliphatic heterocycles. The summed E-state index contributed by atoms with van der Waals surface area (Å²) in [7, 11) is 0. The van der Waals surface area contributed by atoms with Crippen LogP contribution in [0.15, 0.2) is 59.6 Å². The standard InChI is InChI=1S/C19H14N2O2S2/c1-11(12-7-3-2-4-8-12)21-18(23)16(25-19(21)24)15-13-9-5-6-10-14(13)20-17(15)22/h2-11,23H,1H3/t11-/m0/s1. The Morgan fingerprint density at radius 1 is 1.12 bits per heavy atom. The van der Waals surface area contributed by atoms with Crippen molar-refractivity contribution in [2.45, 2.75) is 13.0 Å². The van der Waals surface area contributed by atoms with Crippen LogP contribution in [0.2, 0.25) is 0 Å². The van der Waals surface area contributed by atoms with Gasteiger partial charge in [0.25, 0.3) is 5.91 Å². The van der Waals surface area contributed by atoms with Crippen molar-refractivity contribution in [3.05, 3.63) is 79.6 Å². The third-order valence-corrected chi connectivity index (χ3v) is 5.73. The van der Waals surface area contributed by atoms with E-state index in [0.29, 0.717) is 19.8 Å². The smallest absolute Gasteiger partial charge is 0.279 e. The van der Waals surface area contributed by atoms with E-state index in [2.05, 4.69) is 4.99 Å². The minimum absolute atomic E-state index is 0.0154. The van der Waals surface area contributed by atoms with Crippen molar-refractivity contribution < 1.29 is 9.90 Å². The minimum atomic E-state index is -0.340. The molecule has 1 aliphatic rings. The van der Waals surface area contributed by atoms with Gasteiger partial charge in [0.05, 0.1) is 17.0 Å². The van der Waals surface area contributed by atoms with Crippen molar-refractivity contribution in [1.29, 1.82) is 0 Å². The number of nitrogens with zero attached hydrogens (tertiary/aromatic N) is 2. The van der Waals surface area contributed by atoms with Gasteiger partial charge in [-0.3, -0.25) is 9.36 Å². The van der Waals surface area contributed by atoms with Gasteiger partial charge in [0.1, 0.15) is 4.88 Å². The van der Waals surface area contributed by atoms with Gasteiger partial charge in [-0.05, 0) is 30.8 Å². The average molecular weight is 366 g/mol. The molecule has 4 rings (SSSR count). The number of rotatable bonds is 3. The predicted molar refractivity (Wildman–Crippen MR) is 99.8 cm³/mol. The first-order valence-electron chi connectivity index (χ1n) is 7.80. The molecule has 2 heterocycles. The first-order chi connectivity index (χ1) is 12.1. The van der Waals surface area contributed by atoms with E-state index in [9.17, 15) is 9.90 Å². The summed E-state index contributed by atoms with van der Waals surface area (Å²) >= 11 is 6.71. The van der Waals surface area contributed by atoms with Gasteiger partial charge in [-0.1, -0.05) is 48.5 Å². The fraction of sp³-hybridized carbons (Fsp3) is 0.105. The Hall–Kier alpha value is -2.57. The number of carbonyl (C=O) groups excluding carboxylic acids is 1. The zero-order chi connectivity index (χ0) is 17.6. The van der Waals surface area contributed by atoms with Gasteiger partial charge in [-0.2, -0.15) is 0 Å². The quantitative estimate of drug-likeness (QED) is 0.725. The van der Waals surface area contributed by atoms with Gasteiger partial charge >= 0.3 is 0 Å². The lowest BCUT2D eigenvalue weighted by molar-refractivity contribution is -0.112. The molecule has 0 saturated heterocycles. The Kier molecular flexibility index (Phi) is 3.86. The van der Waals surface area contributed by atoms with Crippen LogP contribution in [-0.2, 0) is 4.79 Å². The van der Waals surface area contributed by atoms with Crippen LogP contribution in [0.5, 0.6) is 5.88 Å². The van der Waals surface area contributed by atoms with E-state index in [-0.39, 0.29) is 17.8 Å². The third-order valence-electron chi connectivity index (χ3n) is 4.32. The topological polar surface area (TPSA) is 54.6 Å². The Morgan fingerprint density at radius 2 is 1.80 bits per heavy atom. The zero-order valence-corrected chi connectivity index (χ0v) is 15.0. The lowest BCUT2D eigenvalue weighted by Gasteiger charge is -2.15. The molecule has 4 nitrogen and oxygen atoms in total. The second-order valence-electron chi connectivity index (χ2n) is 5.79. The fourth-order valence-electron chi connectivity index (χ4n) is 3.05. The second-order valence-corrected chi connectivity index (χ2v) is 7.43. The van der Waals surface area contributed by atoms with Crippen LogP contribution >= 0.6 is 23.6 Å². The van der Waals surface area contributed by atoms with Crippen molar-refractivity contribution in [1.82, 2.24) is 4.57 Å². The van der Waals surface area contributed by atoms with Gasteiger partial charge in [0.2, 0.25) is 5.88 Å². The van der Waals surface area contributed by atoms with Crippen molar-refractivity contribution in [2.75, 3.05) is 0 Å². The number of carbonyl (C=O) groups is 1.